The Hall–Kier alpha value is -0.790. The largest absolute Gasteiger partial charge is 0.320 e. The molecule has 1 aromatic heterocycles. The number of nitrogens with zero attached hydrogens (tertiary/aromatic N) is 1. The molecule has 0 bridgehead atoms. The van der Waals surface area contributed by atoms with Gasteiger partial charge in [-0.1, -0.05) is 23.2 Å². The highest BCUT2D eigenvalue weighted by atomic mass is 35.5. The number of anilines is 1. The zero-order chi connectivity index (χ0) is 16.8. The summed E-state index contributed by atoms with van der Waals surface area (Å²) >= 11 is 15.2. The summed E-state index contributed by atoms with van der Waals surface area (Å²) in [7, 11) is 0. The Balaban J connectivity index is 1.98. The molecule has 4 nitrogen and oxygen atoms in total. The standard InChI is InChI=1S/C15H17Cl2N3OS2/c1-22-5-4-13(18)14(21)20-15-19-8-11(23-15)7-9-6-10(16)2-3-12(9)17/h2-3,6,8,13H,4-5,7,18H2,1H3,(H,19,20,21). The number of hydrogen-bond donors (Lipinski definition) is 2. The van der Waals surface area contributed by atoms with Crippen LogP contribution in [0, 0.1) is 0 Å². The predicted octanol–water partition coefficient (Wildman–Crippen LogP) is 4.06. The molecule has 1 atom stereocenters. The summed E-state index contributed by atoms with van der Waals surface area (Å²) in [4.78, 5) is 17.2. The van der Waals surface area contributed by atoms with Gasteiger partial charge in [-0.2, -0.15) is 11.8 Å². The Morgan fingerprint density at radius 2 is 2.26 bits per heavy atom. The number of rotatable bonds is 7. The molecule has 124 valence electrons. The van der Waals surface area contributed by atoms with Gasteiger partial charge in [0, 0.05) is 27.5 Å². The molecule has 0 radical (unpaired) electrons. The number of amides is 1. The van der Waals surface area contributed by atoms with E-state index in [1.54, 1.807) is 30.1 Å². The van der Waals surface area contributed by atoms with Gasteiger partial charge in [0.25, 0.3) is 0 Å². The first-order valence-corrected chi connectivity index (χ1v) is 9.90. The van der Waals surface area contributed by atoms with Crippen LogP contribution in [0.1, 0.15) is 16.9 Å². The van der Waals surface area contributed by atoms with Gasteiger partial charge in [-0.15, -0.1) is 11.3 Å². The monoisotopic (exact) mass is 389 g/mol. The quantitative estimate of drug-likeness (QED) is 0.748. The topological polar surface area (TPSA) is 68.0 Å². The number of halogens is 2. The van der Waals surface area contributed by atoms with Crippen molar-refractivity contribution in [3.8, 4) is 0 Å². The summed E-state index contributed by atoms with van der Waals surface area (Å²) in [5.74, 6) is 0.645. The van der Waals surface area contributed by atoms with Gasteiger partial charge >= 0.3 is 0 Å². The molecule has 0 aliphatic carbocycles. The van der Waals surface area contributed by atoms with Crippen LogP contribution in [0.2, 0.25) is 10.0 Å². The number of thiazole rings is 1. The first-order chi connectivity index (χ1) is 11.0. The Morgan fingerprint density at radius 1 is 1.48 bits per heavy atom. The molecule has 2 rings (SSSR count). The van der Waals surface area contributed by atoms with Gasteiger partial charge in [0.2, 0.25) is 5.91 Å². The van der Waals surface area contributed by atoms with Crippen molar-refractivity contribution in [3.63, 3.8) is 0 Å². The minimum Gasteiger partial charge on any atom is -0.320 e. The number of benzene rings is 1. The van der Waals surface area contributed by atoms with E-state index in [1.165, 1.54) is 11.3 Å². The molecule has 8 heteroatoms. The van der Waals surface area contributed by atoms with E-state index in [9.17, 15) is 4.79 Å². The number of hydrogen-bond acceptors (Lipinski definition) is 5. The summed E-state index contributed by atoms with van der Waals surface area (Å²) in [5.41, 5.74) is 6.77. The van der Waals surface area contributed by atoms with E-state index in [0.29, 0.717) is 28.0 Å². The molecule has 23 heavy (non-hydrogen) atoms. The van der Waals surface area contributed by atoms with E-state index >= 15 is 0 Å². The van der Waals surface area contributed by atoms with E-state index in [2.05, 4.69) is 10.3 Å². The van der Waals surface area contributed by atoms with Crippen LogP contribution < -0.4 is 11.1 Å². The molecule has 3 N–H and O–H groups in total. The van der Waals surface area contributed by atoms with Gasteiger partial charge in [0.15, 0.2) is 5.13 Å². The van der Waals surface area contributed by atoms with Crippen molar-refractivity contribution >= 4 is 57.3 Å². The molecule has 0 fully saturated rings. The molecular formula is C15H17Cl2N3OS2. The van der Waals surface area contributed by atoms with Crippen LogP contribution in [-0.4, -0.2) is 28.9 Å². The third-order valence-corrected chi connectivity index (χ3v) is 5.29. The normalized spacial score (nSPS) is 12.2. The van der Waals surface area contributed by atoms with Crippen molar-refractivity contribution in [2.24, 2.45) is 5.73 Å². The third-order valence-electron chi connectivity index (χ3n) is 3.13. The van der Waals surface area contributed by atoms with Gasteiger partial charge < -0.3 is 11.1 Å². The van der Waals surface area contributed by atoms with Gasteiger partial charge in [-0.25, -0.2) is 4.98 Å². The van der Waals surface area contributed by atoms with E-state index in [0.717, 1.165) is 16.2 Å². The zero-order valence-electron chi connectivity index (χ0n) is 12.5. The summed E-state index contributed by atoms with van der Waals surface area (Å²) in [6.07, 6.45) is 4.97. The number of thioether (sulfide) groups is 1. The van der Waals surface area contributed by atoms with Crippen LogP contribution in [0.15, 0.2) is 24.4 Å². The molecule has 1 heterocycles. The van der Waals surface area contributed by atoms with Crippen LogP contribution in [0.4, 0.5) is 5.13 Å². The Kier molecular flexibility index (Phi) is 7.17. The Morgan fingerprint density at radius 3 is 3.00 bits per heavy atom. The number of carbonyl (C=O) groups excluding carboxylic acids is 1. The fourth-order valence-corrected chi connectivity index (χ4v) is 3.59. The maximum Gasteiger partial charge on any atom is 0.243 e. The highest BCUT2D eigenvalue weighted by molar-refractivity contribution is 7.98. The lowest BCUT2D eigenvalue weighted by atomic mass is 10.1. The van der Waals surface area contributed by atoms with Crippen LogP contribution in [-0.2, 0) is 11.2 Å². The second-order valence-corrected chi connectivity index (χ2v) is 7.87. The summed E-state index contributed by atoms with van der Waals surface area (Å²) in [6, 6.07) is 4.84. The van der Waals surface area contributed by atoms with Crippen LogP contribution in [0.5, 0.6) is 0 Å². The minimum atomic E-state index is -0.517. The fourth-order valence-electron chi connectivity index (χ4n) is 1.89. The average Bonchev–Trinajstić information content (AvgIpc) is 2.95. The predicted molar refractivity (Wildman–Crippen MR) is 101 cm³/mol. The number of aromatic nitrogens is 1. The number of nitrogens with two attached hydrogens (primary N) is 1. The van der Waals surface area contributed by atoms with Gasteiger partial charge in [-0.3, -0.25) is 4.79 Å². The van der Waals surface area contributed by atoms with Crippen LogP contribution in [0.3, 0.4) is 0 Å². The van der Waals surface area contributed by atoms with Crippen molar-refractivity contribution < 1.29 is 4.79 Å². The van der Waals surface area contributed by atoms with Crippen molar-refractivity contribution in [2.45, 2.75) is 18.9 Å². The van der Waals surface area contributed by atoms with Crippen LogP contribution in [0.25, 0.3) is 0 Å². The maximum atomic E-state index is 12.0. The van der Waals surface area contributed by atoms with Crippen molar-refractivity contribution in [1.29, 1.82) is 0 Å². The van der Waals surface area contributed by atoms with E-state index in [1.807, 2.05) is 12.3 Å². The number of nitrogens with one attached hydrogen (secondary N) is 1. The van der Waals surface area contributed by atoms with Crippen molar-refractivity contribution in [1.82, 2.24) is 4.98 Å². The zero-order valence-corrected chi connectivity index (χ0v) is 15.7. The average molecular weight is 390 g/mol. The molecule has 1 amide bonds. The second-order valence-electron chi connectivity index (χ2n) is 4.92. The van der Waals surface area contributed by atoms with Crippen molar-refractivity contribution in [2.75, 3.05) is 17.3 Å². The second kappa shape index (κ2) is 8.89. The summed E-state index contributed by atoms with van der Waals surface area (Å²) in [6.45, 7) is 0. The third kappa shape index (κ3) is 5.65. The lowest BCUT2D eigenvalue weighted by Gasteiger charge is -2.09. The molecule has 0 saturated heterocycles. The minimum absolute atomic E-state index is 0.208. The maximum absolute atomic E-state index is 12.0. The van der Waals surface area contributed by atoms with Gasteiger partial charge in [0.05, 0.1) is 6.04 Å². The smallest absolute Gasteiger partial charge is 0.243 e. The highest BCUT2D eigenvalue weighted by Crippen LogP contribution is 2.27. The van der Waals surface area contributed by atoms with E-state index in [4.69, 9.17) is 28.9 Å². The molecule has 1 unspecified atom stereocenters. The molecule has 0 saturated carbocycles. The van der Waals surface area contributed by atoms with Crippen LogP contribution >= 0.6 is 46.3 Å². The first kappa shape index (κ1) is 18.5. The summed E-state index contributed by atoms with van der Waals surface area (Å²) in [5, 5.41) is 4.60. The molecular weight excluding hydrogens is 373 g/mol. The fraction of sp³-hybridized carbons (Fsp3) is 0.333. The molecule has 0 aliphatic heterocycles. The molecule has 2 aromatic rings. The highest BCUT2D eigenvalue weighted by Gasteiger charge is 2.15. The van der Waals surface area contributed by atoms with Gasteiger partial charge in [0.1, 0.15) is 0 Å². The summed E-state index contributed by atoms with van der Waals surface area (Å²) < 4.78 is 0. The van der Waals surface area contributed by atoms with Crippen molar-refractivity contribution in [3.05, 3.63) is 44.9 Å². The molecule has 0 spiro atoms. The van der Waals surface area contributed by atoms with E-state index < -0.39 is 6.04 Å². The SMILES string of the molecule is CSCCC(N)C(=O)Nc1ncc(Cc2cc(Cl)ccc2Cl)s1. The Labute approximate surface area is 153 Å². The molecule has 0 aliphatic rings. The van der Waals surface area contributed by atoms with E-state index in [-0.39, 0.29) is 5.91 Å². The lowest BCUT2D eigenvalue weighted by molar-refractivity contribution is -0.117. The molecule has 1 aromatic carbocycles. The van der Waals surface area contributed by atoms with Gasteiger partial charge in [-0.05, 0) is 42.2 Å². The number of carbonyl (C=O) groups is 1. The first-order valence-electron chi connectivity index (χ1n) is 6.93. The lowest BCUT2D eigenvalue weighted by Crippen LogP contribution is -2.36. The Bertz CT molecular complexity index is 678.